The van der Waals surface area contributed by atoms with Gasteiger partial charge in [0.15, 0.2) is 0 Å². The van der Waals surface area contributed by atoms with Gasteiger partial charge in [0.2, 0.25) is 0 Å². The van der Waals surface area contributed by atoms with E-state index in [1.165, 1.54) is 0 Å². The zero-order valence-electron chi connectivity index (χ0n) is 11.1. The van der Waals surface area contributed by atoms with Crippen LogP contribution in [0.2, 0.25) is 0 Å². The third kappa shape index (κ3) is 2.76. The molecule has 0 aliphatic heterocycles. The Balaban J connectivity index is 2.52. The minimum atomic E-state index is -0.842. The second-order valence-corrected chi connectivity index (χ2v) is 4.75. The highest BCUT2D eigenvalue weighted by molar-refractivity contribution is 5.81. The molecule has 2 rings (SSSR count). The summed E-state index contributed by atoms with van der Waals surface area (Å²) >= 11 is 0. The van der Waals surface area contributed by atoms with Gasteiger partial charge >= 0.3 is 5.97 Å². The molecule has 0 atom stereocenters. The van der Waals surface area contributed by atoms with E-state index in [1.807, 2.05) is 44.2 Å². The number of carboxylic acid groups (broad SMARTS) is 1. The lowest BCUT2D eigenvalue weighted by Crippen LogP contribution is -2.04. The number of carboxylic acids is 1. The van der Waals surface area contributed by atoms with Crippen molar-refractivity contribution in [2.24, 2.45) is 0 Å². The van der Waals surface area contributed by atoms with Gasteiger partial charge in [-0.25, -0.2) is 0 Å². The summed E-state index contributed by atoms with van der Waals surface area (Å²) in [4.78, 5) is 10.8. The Labute approximate surface area is 112 Å². The molecule has 0 unspecified atom stereocenters. The highest BCUT2D eigenvalue weighted by Gasteiger charge is 2.10. The Morgan fingerprint density at radius 3 is 2.42 bits per heavy atom. The largest absolute Gasteiger partial charge is 0.481 e. The Kier molecular flexibility index (Phi) is 3.56. The highest BCUT2D eigenvalue weighted by Crippen LogP contribution is 2.31. The Morgan fingerprint density at radius 1 is 1.11 bits per heavy atom. The van der Waals surface area contributed by atoms with Crippen molar-refractivity contribution in [1.29, 1.82) is 0 Å². The lowest BCUT2D eigenvalue weighted by atomic mass is 9.94. The number of aryl methyl sites for hydroxylation is 2. The monoisotopic (exact) mass is 255 g/mol. The number of nitrogens with two attached hydrogens (primary N) is 1. The number of rotatable bonds is 3. The van der Waals surface area contributed by atoms with Crippen LogP contribution >= 0.6 is 0 Å². The van der Waals surface area contributed by atoms with Crippen LogP contribution in [0.25, 0.3) is 11.1 Å². The van der Waals surface area contributed by atoms with Crippen LogP contribution in [0.5, 0.6) is 0 Å². The molecule has 19 heavy (non-hydrogen) atoms. The van der Waals surface area contributed by atoms with Crippen molar-refractivity contribution in [2.75, 3.05) is 5.73 Å². The Hall–Kier alpha value is -2.29. The van der Waals surface area contributed by atoms with Gasteiger partial charge in [0.1, 0.15) is 0 Å². The SMILES string of the molecule is Cc1cc(-c2ccccc2C)c(N)cc1CC(=O)O. The first-order valence-corrected chi connectivity index (χ1v) is 6.16. The van der Waals surface area contributed by atoms with Gasteiger partial charge in [-0.15, -0.1) is 0 Å². The van der Waals surface area contributed by atoms with E-state index in [0.717, 1.165) is 27.8 Å². The lowest BCUT2D eigenvalue weighted by Gasteiger charge is -2.13. The zero-order chi connectivity index (χ0) is 14.0. The summed E-state index contributed by atoms with van der Waals surface area (Å²) in [6, 6.07) is 11.8. The van der Waals surface area contributed by atoms with Gasteiger partial charge in [0.05, 0.1) is 6.42 Å². The van der Waals surface area contributed by atoms with Crippen LogP contribution in [-0.2, 0) is 11.2 Å². The molecule has 0 heterocycles. The number of benzene rings is 2. The third-order valence-corrected chi connectivity index (χ3v) is 3.29. The molecule has 0 aliphatic carbocycles. The molecule has 3 N–H and O–H groups in total. The number of nitrogen functional groups attached to an aromatic ring is 1. The van der Waals surface area contributed by atoms with Gasteiger partial charge in [0.25, 0.3) is 0 Å². The highest BCUT2D eigenvalue weighted by atomic mass is 16.4. The van der Waals surface area contributed by atoms with E-state index < -0.39 is 5.97 Å². The molecule has 0 radical (unpaired) electrons. The number of carbonyl (C=O) groups is 1. The maximum atomic E-state index is 10.8. The quantitative estimate of drug-likeness (QED) is 0.828. The average Bonchev–Trinajstić information content (AvgIpc) is 2.34. The van der Waals surface area contributed by atoms with Crippen LogP contribution in [0.3, 0.4) is 0 Å². The summed E-state index contributed by atoms with van der Waals surface area (Å²) in [5.74, 6) is -0.842. The van der Waals surface area contributed by atoms with Crippen LogP contribution in [0.4, 0.5) is 5.69 Å². The Morgan fingerprint density at radius 2 is 1.79 bits per heavy atom. The van der Waals surface area contributed by atoms with E-state index in [2.05, 4.69) is 0 Å². The third-order valence-electron chi connectivity index (χ3n) is 3.29. The van der Waals surface area contributed by atoms with Gasteiger partial charge in [-0.05, 0) is 48.2 Å². The molecule has 98 valence electrons. The van der Waals surface area contributed by atoms with E-state index in [4.69, 9.17) is 10.8 Å². The van der Waals surface area contributed by atoms with Gasteiger partial charge < -0.3 is 10.8 Å². The van der Waals surface area contributed by atoms with Crippen molar-refractivity contribution in [3.63, 3.8) is 0 Å². The minimum absolute atomic E-state index is 0.00405. The standard InChI is InChI=1S/C16H17NO2/c1-10-5-3-4-6-13(10)14-7-11(2)12(8-15(14)17)9-16(18)19/h3-8H,9,17H2,1-2H3,(H,18,19). The molecule has 0 bridgehead atoms. The molecule has 2 aromatic carbocycles. The molecular weight excluding hydrogens is 238 g/mol. The predicted molar refractivity (Wildman–Crippen MR) is 77.1 cm³/mol. The summed E-state index contributed by atoms with van der Waals surface area (Å²) in [7, 11) is 0. The van der Waals surface area contributed by atoms with Crippen molar-refractivity contribution < 1.29 is 9.90 Å². The summed E-state index contributed by atoms with van der Waals surface area (Å²) in [5.41, 5.74) is 11.6. The van der Waals surface area contributed by atoms with Crippen LogP contribution in [0, 0.1) is 13.8 Å². The summed E-state index contributed by atoms with van der Waals surface area (Å²) in [6.45, 7) is 3.95. The van der Waals surface area contributed by atoms with Gasteiger partial charge in [-0.3, -0.25) is 4.79 Å². The second-order valence-electron chi connectivity index (χ2n) is 4.75. The molecular formula is C16H17NO2. The van der Waals surface area contributed by atoms with Crippen LogP contribution in [-0.4, -0.2) is 11.1 Å². The van der Waals surface area contributed by atoms with E-state index in [1.54, 1.807) is 6.07 Å². The average molecular weight is 255 g/mol. The molecule has 0 aromatic heterocycles. The topological polar surface area (TPSA) is 63.3 Å². The normalized spacial score (nSPS) is 10.4. The fourth-order valence-electron chi connectivity index (χ4n) is 2.23. The van der Waals surface area contributed by atoms with E-state index in [-0.39, 0.29) is 6.42 Å². The fraction of sp³-hybridized carbons (Fsp3) is 0.188. The first-order valence-electron chi connectivity index (χ1n) is 6.16. The summed E-state index contributed by atoms with van der Waals surface area (Å²) in [6.07, 6.45) is 0.00405. The van der Waals surface area contributed by atoms with Crippen molar-refractivity contribution in [1.82, 2.24) is 0 Å². The van der Waals surface area contributed by atoms with Crippen molar-refractivity contribution in [2.45, 2.75) is 20.3 Å². The number of anilines is 1. The fourth-order valence-corrected chi connectivity index (χ4v) is 2.23. The Bertz CT molecular complexity index is 633. The number of hydrogen-bond acceptors (Lipinski definition) is 2. The van der Waals surface area contributed by atoms with Crippen LogP contribution in [0.15, 0.2) is 36.4 Å². The first-order chi connectivity index (χ1) is 8.99. The predicted octanol–water partition coefficient (Wildman–Crippen LogP) is 3.18. The van der Waals surface area contributed by atoms with E-state index >= 15 is 0 Å². The maximum absolute atomic E-state index is 10.8. The minimum Gasteiger partial charge on any atom is -0.481 e. The molecule has 0 saturated carbocycles. The van der Waals surface area contributed by atoms with Gasteiger partial charge in [-0.2, -0.15) is 0 Å². The summed E-state index contributed by atoms with van der Waals surface area (Å²) in [5, 5.41) is 8.87. The van der Waals surface area contributed by atoms with Crippen molar-refractivity contribution >= 4 is 11.7 Å². The first kappa shape index (κ1) is 13.1. The molecule has 2 aromatic rings. The molecule has 3 heteroatoms. The molecule has 0 amide bonds. The van der Waals surface area contributed by atoms with Gasteiger partial charge in [-0.1, -0.05) is 24.3 Å². The van der Waals surface area contributed by atoms with Crippen LogP contribution < -0.4 is 5.73 Å². The van der Waals surface area contributed by atoms with E-state index in [0.29, 0.717) is 5.69 Å². The van der Waals surface area contributed by atoms with Gasteiger partial charge in [0, 0.05) is 11.3 Å². The molecule has 0 saturated heterocycles. The lowest BCUT2D eigenvalue weighted by molar-refractivity contribution is -0.136. The number of aliphatic carboxylic acids is 1. The second kappa shape index (κ2) is 5.14. The molecule has 3 nitrogen and oxygen atoms in total. The molecule has 0 spiro atoms. The summed E-state index contributed by atoms with van der Waals surface area (Å²) < 4.78 is 0. The molecule has 0 fully saturated rings. The zero-order valence-corrected chi connectivity index (χ0v) is 11.1. The van der Waals surface area contributed by atoms with Crippen molar-refractivity contribution in [3.05, 3.63) is 53.1 Å². The van der Waals surface area contributed by atoms with Crippen LogP contribution in [0.1, 0.15) is 16.7 Å². The maximum Gasteiger partial charge on any atom is 0.307 e. The smallest absolute Gasteiger partial charge is 0.307 e. The number of hydrogen-bond donors (Lipinski definition) is 2. The molecule has 0 aliphatic rings. The van der Waals surface area contributed by atoms with E-state index in [9.17, 15) is 4.79 Å². The van der Waals surface area contributed by atoms with Crippen molar-refractivity contribution in [3.8, 4) is 11.1 Å².